The van der Waals surface area contributed by atoms with Gasteiger partial charge in [0.25, 0.3) is 0 Å². The summed E-state index contributed by atoms with van der Waals surface area (Å²) >= 11 is 0. The largest absolute Gasteiger partial charge is 0.376 e. The number of amides is 2. The summed E-state index contributed by atoms with van der Waals surface area (Å²) in [5.41, 5.74) is 1.94. The molecular weight excluding hydrogens is 242 g/mol. The third-order valence-corrected chi connectivity index (χ3v) is 3.81. The fourth-order valence-electron chi connectivity index (χ4n) is 2.75. The van der Waals surface area contributed by atoms with Gasteiger partial charge >= 0.3 is 0 Å². The van der Waals surface area contributed by atoms with Crippen molar-refractivity contribution in [3.05, 3.63) is 35.4 Å². The fraction of sp³-hybridized carbons (Fsp3) is 0.467. The standard InChI is InChI=1S/C15H17NO3/c17-14-8-11-4-1-2-5-12(11)9-15(18)16(14)10-13-6-3-7-19-13/h1-2,4-5,13H,3,6-10H2. The van der Waals surface area contributed by atoms with Gasteiger partial charge in [0, 0.05) is 6.61 Å². The van der Waals surface area contributed by atoms with Gasteiger partial charge in [0.05, 0.1) is 25.5 Å². The van der Waals surface area contributed by atoms with Crippen molar-refractivity contribution < 1.29 is 14.3 Å². The Bertz CT molecular complexity index is 469. The second-order valence-corrected chi connectivity index (χ2v) is 5.16. The number of carbonyl (C=O) groups excluding carboxylic acids is 2. The van der Waals surface area contributed by atoms with Crippen molar-refractivity contribution in [3.63, 3.8) is 0 Å². The van der Waals surface area contributed by atoms with E-state index in [2.05, 4.69) is 0 Å². The smallest absolute Gasteiger partial charge is 0.233 e. The zero-order chi connectivity index (χ0) is 13.2. The molecule has 100 valence electrons. The van der Waals surface area contributed by atoms with Gasteiger partial charge in [0.15, 0.2) is 0 Å². The predicted molar refractivity (Wildman–Crippen MR) is 69.5 cm³/mol. The van der Waals surface area contributed by atoms with Crippen LogP contribution in [0.5, 0.6) is 0 Å². The van der Waals surface area contributed by atoms with Crippen molar-refractivity contribution in [2.75, 3.05) is 13.2 Å². The Morgan fingerprint density at radius 2 is 1.74 bits per heavy atom. The second-order valence-electron chi connectivity index (χ2n) is 5.16. The molecule has 4 nitrogen and oxygen atoms in total. The summed E-state index contributed by atoms with van der Waals surface area (Å²) in [4.78, 5) is 25.8. The van der Waals surface area contributed by atoms with Crippen molar-refractivity contribution in [1.82, 2.24) is 4.90 Å². The van der Waals surface area contributed by atoms with Gasteiger partial charge in [-0.1, -0.05) is 24.3 Å². The molecule has 0 aromatic heterocycles. The lowest BCUT2D eigenvalue weighted by Gasteiger charge is -2.21. The van der Waals surface area contributed by atoms with Gasteiger partial charge in [0.1, 0.15) is 0 Å². The van der Waals surface area contributed by atoms with E-state index < -0.39 is 0 Å². The van der Waals surface area contributed by atoms with Crippen molar-refractivity contribution >= 4 is 11.8 Å². The highest BCUT2D eigenvalue weighted by Gasteiger charge is 2.30. The fourth-order valence-corrected chi connectivity index (χ4v) is 2.75. The maximum atomic E-state index is 12.2. The van der Waals surface area contributed by atoms with E-state index in [1.165, 1.54) is 4.90 Å². The molecule has 0 spiro atoms. The van der Waals surface area contributed by atoms with E-state index in [0.29, 0.717) is 19.4 Å². The van der Waals surface area contributed by atoms with Crippen molar-refractivity contribution in [1.29, 1.82) is 0 Å². The molecule has 2 aliphatic rings. The summed E-state index contributed by atoms with van der Waals surface area (Å²) in [6, 6.07) is 7.67. The number of fused-ring (bicyclic) bond motifs is 1. The van der Waals surface area contributed by atoms with Crippen LogP contribution in [0.2, 0.25) is 0 Å². The van der Waals surface area contributed by atoms with Gasteiger partial charge in [0.2, 0.25) is 11.8 Å². The summed E-state index contributed by atoms with van der Waals surface area (Å²) in [6.45, 7) is 1.15. The molecule has 0 saturated carbocycles. The highest BCUT2D eigenvalue weighted by Crippen LogP contribution is 2.20. The molecule has 1 saturated heterocycles. The molecule has 1 atom stereocenters. The lowest BCUT2D eigenvalue weighted by atomic mass is 10.0. The molecule has 1 unspecified atom stereocenters. The van der Waals surface area contributed by atoms with Crippen LogP contribution in [0.25, 0.3) is 0 Å². The minimum absolute atomic E-state index is 0.0223. The van der Waals surface area contributed by atoms with Gasteiger partial charge in [-0.05, 0) is 24.0 Å². The van der Waals surface area contributed by atoms with Gasteiger partial charge < -0.3 is 4.74 Å². The lowest BCUT2D eigenvalue weighted by Crippen LogP contribution is -2.42. The molecule has 2 amide bonds. The lowest BCUT2D eigenvalue weighted by molar-refractivity contribution is -0.145. The zero-order valence-electron chi connectivity index (χ0n) is 10.8. The molecule has 19 heavy (non-hydrogen) atoms. The Hall–Kier alpha value is -1.68. The highest BCUT2D eigenvalue weighted by atomic mass is 16.5. The van der Waals surface area contributed by atoms with Gasteiger partial charge in [-0.25, -0.2) is 0 Å². The third kappa shape index (κ3) is 2.54. The van der Waals surface area contributed by atoms with Gasteiger partial charge in [-0.3, -0.25) is 14.5 Å². The van der Waals surface area contributed by atoms with Crippen LogP contribution in [0, 0.1) is 0 Å². The number of nitrogens with zero attached hydrogens (tertiary/aromatic N) is 1. The molecule has 1 aromatic rings. The van der Waals surface area contributed by atoms with Crippen LogP contribution in [0.15, 0.2) is 24.3 Å². The molecule has 4 heteroatoms. The Kier molecular flexibility index (Phi) is 3.34. The van der Waals surface area contributed by atoms with Crippen LogP contribution in [-0.2, 0) is 27.2 Å². The number of benzene rings is 1. The minimum Gasteiger partial charge on any atom is -0.376 e. The number of hydrogen-bond acceptors (Lipinski definition) is 3. The topological polar surface area (TPSA) is 46.6 Å². The molecular formula is C15H17NO3. The minimum atomic E-state index is -0.106. The van der Waals surface area contributed by atoms with Crippen LogP contribution in [0.4, 0.5) is 0 Å². The number of ether oxygens (including phenoxy) is 1. The van der Waals surface area contributed by atoms with Gasteiger partial charge in [-0.2, -0.15) is 0 Å². The van der Waals surface area contributed by atoms with E-state index in [-0.39, 0.29) is 17.9 Å². The summed E-state index contributed by atoms with van der Waals surface area (Å²) in [5, 5.41) is 0. The Morgan fingerprint density at radius 1 is 1.11 bits per heavy atom. The highest BCUT2D eigenvalue weighted by molar-refractivity contribution is 5.99. The third-order valence-electron chi connectivity index (χ3n) is 3.81. The molecule has 2 heterocycles. The van der Waals surface area contributed by atoms with Crippen LogP contribution < -0.4 is 0 Å². The van der Waals surface area contributed by atoms with E-state index in [9.17, 15) is 9.59 Å². The number of rotatable bonds is 2. The molecule has 1 aromatic carbocycles. The van der Waals surface area contributed by atoms with E-state index in [4.69, 9.17) is 4.74 Å². The van der Waals surface area contributed by atoms with Crippen LogP contribution in [0.1, 0.15) is 24.0 Å². The SMILES string of the molecule is O=C1Cc2ccccc2CC(=O)N1CC1CCCO1. The van der Waals surface area contributed by atoms with Crippen molar-refractivity contribution in [2.45, 2.75) is 31.8 Å². The summed E-state index contributed by atoms with van der Waals surface area (Å²) in [6.07, 6.45) is 2.60. The molecule has 0 bridgehead atoms. The maximum absolute atomic E-state index is 12.2. The van der Waals surface area contributed by atoms with Crippen molar-refractivity contribution in [2.24, 2.45) is 0 Å². The molecule has 1 fully saturated rings. The Morgan fingerprint density at radius 3 is 2.26 bits per heavy atom. The molecule has 0 N–H and O–H groups in total. The average Bonchev–Trinajstić information content (AvgIpc) is 2.87. The Labute approximate surface area is 112 Å². The molecule has 3 rings (SSSR count). The molecule has 0 aliphatic carbocycles. The quantitative estimate of drug-likeness (QED) is 0.753. The second kappa shape index (κ2) is 5.13. The first-order chi connectivity index (χ1) is 9.24. The van der Waals surface area contributed by atoms with Crippen LogP contribution in [0.3, 0.4) is 0 Å². The first kappa shape index (κ1) is 12.4. The monoisotopic (exact) mass is 259 g/mol. The van der Waals surface area contributed by atoms with E-state index in [1.54, 1.807) is 0 Å². The van der Waals surface area contributed by atoms with E-state index in [1.807, 2.05) is 24.3 Å². The summed E-state index contributed by atoms with van der Waals surface area (Å²) < 4.78 is 5.52. The number of imide groups is 1. The van der Waals surface area contributed by atoms with Gasteiger partial charge in [-0.15, -0.1) is 0 Å². The maximum Gasteiger partial charge on any atom is 0.233 e. The average molecular weight is 259 g/mol. The van der Waals surface area contributed by atoms with Crippen LogP contribution in [-0.4, -0.2) is 36.0 Å². The zero-order valence-corrected chi connectivity index (χ0v) is 10.8. The van der Waals surface area contributed by atoms with E-state index in [0.717, 1.165) is 30.6 Å². The Balaban J connectivity index is 1.79. The van der Waals surface area contributed by atoms with Crippen LogP contribution >= 0.6 is 0 Å². The van der Waals surface area contributed by atoms with Crippen molar-refractivity contribution in [3.8, 4) is 0 Å². The first-order valence-electron chi connectivity index (χ1n) is 6.75. The normalized spacial score (nSPS) is 23.4. The molecule has 0 radical (unpaired) electrons. The summed E-state index contributed by atoms with van der Waals surface area (Å²) in [5.74, 6) is -0.212. The molecule has 2 aliphatic heterocycles. The number of carbonyl (C=O) groups is 2. The predicted octanol–water partition coefficient (Wildman–Crippen LogP) is 1.32. The number of hydrogen-bond donors (Lipinski definition) is 0. The van der Waals surface area contributed by atoms with E-state index >= 15 is 0 Å². The summed E-state index contributed by atoms with van der Waals surface area (Å²) in [7, 11) is 0. The first-order valence-corrected chi connectivity index (χ1v) is 6.75.